The quantitative estimate of drug-likeness (QED) is 0.801. The van der Waals surface area contributed by atoms with E-state index in [9.17, 15) is 14.4 Å². The zero-order valence-corrected chi connectivity index (χ0v) is 16.8. The molecule has 0 spiro atoms. The van der Waals surface area contributed by atoms with Crippen LogP contribution in [0.2, 0.25) is 0 Å². The van der Waals surface area contributed by atoms with Gasteiger partial charge in [-0.1, -0.05) is 0 Å². The van der Waals surface area contributed by atoms with Gasteiger partial charge in [0.1, 0.15) is 6.04 Å². The zero-order chi connectivity index (χ0) is 19.3. The Labute approximate surface area is 167 Å². The standard InChI is InChI=1S/C22H33N3O3/c26-19(24-5-1-2-6-24)14-23-20(27)18-4-3-7-25(18)21(28)22-11-15-8-16(12-22)10-17(9-15)13-22/h15-18H,1-14H2,(H,23,27). The second-order valence-corrected chi connectivity index (χ2v) is 10.2. The van der Waals surface area contributed by atoms with E-state index in [4.69, 9.17) is 0 Å². The molecular weight excluding hydrogens is 354 g/mol. The van der Waals surface area contributed by atoms with Gasteiger partial charge in [0, 0.05) is 19.6 Å². The molecule has 0 aromatic heterocycles. The smallest absolute Gasteiger partial charge is 0.243 e. The lowest BCUT2D eigenvalue weighted by molar-refractivity contribution is -0.160. The first-order chi connectivity index (χ1) is 13.5. The van der Waals surface area contributed by atoms with Gasteiger partial charge in [-0.3, -0.25) is 14.4 Å². The SMILES string of the molecule is O=C(NCC(=O)N1CCCC1)C1CCCN1C(=O)C12CC3CC(CC(C3)C1)C2. The van der Waals surface area contributed by atoms with Crippen molar-refractivity contribution in [3.63, 3.8) is 0 Å². The number of amides is 3. The Hall–Kier alpha value is -1.59. The largest absolute Gasteiger partial charge is 0.345 e. The molecule has 4 saturated carbocycles. The van der Waals surface area contributed by atoms with Crippen LogP contribution in [-0.4, -0.2) is 59.7 Å². The number of rotatable bonds is 4. The molecule has 154 valence electrons. The van der Waals surface area contributed by atoms with Crippen LogP contribution in [0.15, 0.2) is 0 Å². The molecule has 2 saturated heterocycles. The molecule has 6 fully saturated rings. The molecule has 6 aliphatic rings. The summed E-state index contributed by atoms with van der Waals surface area (Å²) in [5.74, 6) is 2.29. The summed E-state index contributed by atoms with van der Waals surface area (Å²) >= 11 is 0. The summed E-state index contributed by atoms with van der Waals surface area (Å²) in [6.07, 6.45) is 10.8. The monoisotopic (exact) mass is 387 g/mol. The van der Waals surface area contributed by atoms with Crippen molar-refractivity contribution < 1.29 is 14.4 Å². The molecule has 2 heterocycles. The molecule has 4 bridgehead atoms. The maximum Gasteiger partial charge on any atom is 0.243 e. The van der Waals surface area contributed by atoms with Crippen LogP contribution < -0.4 is 5.32 Å². The lowest BCUT2D eigenvalue weighted by Crippen LogP contribution is -2.57. The summed E-state index contributed by atoms with van der Waals surface area (Å²) in [5, 5.41) is 2.84. The Balaban J connectivity index is 1.23. The molecule has 1 unspecified atom stereocenters. The van der Waals surface area contributed by atoms with E-state index in [0.717, 1.165) is 75.8 Å². The van der Waals surface area contributed by atoms with Gasteiger partial charge in [0.05, 0.1) is 12.0 Å². The number of nitrogens with one attached hydrogen (secondary N) is 1. The summed E-state index contributed by atoms with van der Waals surface area (Å²) in [5.41, 5.74) is -0.191. The summed E-state index contributed by atoms with van der Waals surface area (Å²) in [7, 11) is 0. The second-order valence-electron chi connectivity index (χ2n) is 10.2. The van der Waals surface area contributed by atoms with Crippen LogP contribution in [0.5, 0.6) is 0 Å². The van der Waals surface area contributed by atoms with Crippen molar-refractivity contribution >= 4 is 17.7 Å². The highest BCUT2D eigenvalue weighted by atomic mass is 16.2. The van der Waals surface area contributed by atoms with Gasteiger partial charge < -0.3 is 15.1 Å². The molecule has 28 heavy (non-hydrogen) atoms. The number of hydrogen-bond acceptors (Lipinski definition) is 3. The molecule has 0 aromatic rings. The van der Waals surface area contributed by atoms with E-state index in [0.29, 0.717) is 6.54 Å². The predicted octanol–water partition coefficient (Wildman–Crippen LogP) is 1.93. The molecule has 6 nitrogen and oxygen atoms in total. The van der Waals surface area contributed by atoms with E-state index in [2.05, 4.69) is 5.32 Å². The van der Waals surface area contributed by atoms with E-state index in [1.807, 2.05) is 9.80 Å². The molecule has 4 aliphatic carbocycles. The van der Waals surface area contributed by atoms with Crippen LogP contribution in [0.1, 0.15) is 64.2 Å². The van der Waals surface area contributed by atoms with E-state index < -0.39 is 0 Å². The molecule has 1 atom stereocenters. The van der Waals surface area contributed by atoms with Crippen LogP contribution in [0, 0.1) is 23.2 Å². The highest BCUT2D eigenvalue weighted by molar-refractivity contribution is 5.92. The van der Waals surface area contributed by atoms with Crippen molar-refractivity contribution in [1.82, 2.24) is 15.1 Å². The number of carbonyl (C=O) groups is 3. The van der Waals surface area contributed by atoms with Gasteiger partial charge in [-0.15, -0.1) is 0 Å². The van der Waals surface area contributed by atoms with Crippen molar-refractivity contribution in [2.45, 2.75) is 70.3 Å². The Kier molecular flexibility index (Phi) is 4.63. The van der Waals surface area contributed by atoms with Crippen LogP contribution in [0.4, 0.5) is 0 Å². The zero-order valence-electron chi connectivity index (χ0n) is 16.8. The predicted molar refractivity (Wildman–Crippen MR) is 104 cm³/mol. The summed E-state index contributed by atoms with van der Waals surface area (Å²) in [6, 6.07) is -0.383. The lowest BCUT2D eigenvalue weighted by Gasteiger charge is -2.56. The summed E-state index contributed by atoms with van der Waals surface area (Å²) in [4.78, 5) is 42.4. The van der Waals surface area contributed by atoms with Gasteiger partial charge in [-0.25, -0.2) is 0 Å². The minimum atomic E-state index is -0.383. The number of likely N-dealkylation sites (tertiary alicyclic amines) is 2. The van der Waals surface area contributed by atoms with Crippen molar-refractivity contribution in [3.8, 4) is 0 Å². The first-order valence-corrected chi connectivity index (χ1v) is 11.4. The maximum absolute atomic E-state index is 13.6. The first-order valence-electron chi connectivity index (χ1n) is 11.4. The fraction of sp³-hybridized carbons (Fsp3) is 0.864. The number of hydrogen-bond donors (Lipinski definition) is 1. The summed E-state index contributed by atoms with van der Waals surface area (Å²) in [6.45, 7) is 2.36. The van der Waals surface area contributed by atoms with Crippen LogP contribution in [0.3, 0.4) is 0 Å². The van der Waals surface area contributed by atoms with Crippen LogP contribution in [-0.2, 0) is 14.4 Å². The third-order valence-corrected chi connectivity index (χ3v) is 8.18. The van der Waals surface area contributed by atoms with Gasteiger partial charge in [-0.2, -0.15) is 0 Å². The Morgan fingerprint density at radius 1 is 0.857 bits per heavy atom. The summed E-state index contributed by atoms with van der Waals surface area (Å²) < 4.78 is 0. The second kappa shape index (κ2) is 7.03. The van der Waals surface area contributed by atoms with E-state index in [-0.39, 0.29) is 35.7 Å². The maximum atomic E-state index is 13.6. The third kappa shape index (κ3) is 3.13. The lowest BCUT2D eigenvalue weighted by atomic mass is 9.49. The highest BCUT2D eigenvalue weighted by Gasteiger charge is 2.56. The average molecular weight is 388 g/mol. The van der Waals surface area contributed by atoms with Crippen molar-refractivity contribution in [1.29, 1.82) is 0 Å². The fourth-order valence-corrected chi connectivity index (χ4v) is 7.32. The number of carbonyl (C=O) groups excluding carboxylic acids is 3. The van der Waals surface area contributed by atoms with Crippen molar-refractivity contribution in [3.05, 3.63) is 0 Å². The van der Waals surface area contributed by atoms with Gasteiger partial charge in [0.25, 0.3) is 0 Å². The molecule has 6 heteroatoms. The van der Waals surface area contributed by atoms with Gasteiger partial charge in [-0.05, 0) is 82.0 Å². The van der Waals surface area contributed by atoms with E-state index in [1.54, 1.807) is 0 Å². The minimum Gasteiger partial charge on any atom is -0.345 e. The van der Waals surface area contributed by atoms with E-state index >= 15 is 0 Å². The minimum absolute atomic E-state index is 0.00260. The Morgan fingerprint density at radius 2 is 1.46 bits per heavy atom. The number of nitrogens with zero attached hydrogens (tertiary/aromatic N) is 2. The van der Waals surface area contributed by atoms with Gasteiger partial charge in [0.2, 0.25) is 17.7 Å². The van der Waals surface area contributed by atoms with Gasteiger partial charge in [0.15, 0.2) is 0 Å². The molecule has 3 amide bonds. The molecule has 6 rings (SSSR count). The Morgan fingerprint density at radius 3 is 2.07 bits per heavy atom. The average Bonchev–Trinajstić information content (AvgIpc) is 3.35. The molecule has 1 N–H and O–H groups in total. The van der Waals surface area contributed by atoms with Crippen molar-refractivity contribution in [2.24, 2.45) is 23.2 Å². The highest BCUT2D eigenvalue weighted by Crippen LogP contribution is 2.60. The fourth-order valence-electron chi connectivity index (χ4n) is 7.32. The van der Waals surface area contributed by atoms with Crippen molar-refractivity contribution in [2.75, 3.05) is 26.2 Å². The van der Waals surface area contributed by atoms with E-state index in [1.165, 1.54) is 19.3 Å². The topological polar surface area (TPSA) is 69.7 Å². The molecular formula is C22H33N3O3. The third-order valence-electron chi connectivity index (χ3n) is 8.18. The molecule has 0 aromatic carbocycles. The first kappa shape index (κ1) is 18.4. The molecule has 0 radical (unpaired) electrons. The molecule has 2 aliphatic heterocycles. The van der Waals surface area contributed by atoms with Gasteiger partial charge >= 0.3 is 0 Å². The van der Waals surface area contributed by atoms with Crippen LogP contribution >= 0.6 is 0 Å². The Bertz CT molecular complexity index is 635. The van der Waals surface area contributed by atoms with Crippen LogP contribution in [0.25, 0.3) is 0 Å². The normalized spacial score (nSPS) is 38.9.